The minimum Gasteiger partial charge on any atom is -0.508 e. The molecule has 88 valence electrons. The highest BCUT2D eigenvalue weighted by molar-refractivity contribution is 5.26. The second-order valence-corrected chi connectivity index (χ2v) is 4.80. The van der Waals surface area contributed by atoms with E-state index >= 15 is 0 Å². The van der Waals surface area contributed by atoms with Gasteiger partial charge in [-0.25, -0.2) is 0 Å². The fourth-order valence-corrected chi connectivity index (χ4v) is 2.46. The van der Waals surface area contributed by atoms with Crippen molar-refractivity contribution in [3.8, 4) is 5.75 Å². The molecule has 0 atom stereocenters. The number of piperidine rings is 1. The van der Waals surface area contributed by atoms with E-state index in [1.807, 2.05) is 12.1 Å². The predicted molar refractivity (Wildman–Crippen MR) is 65.4 cm³/mol. The van der Waals surface area contributed by atoms with E-state index in [-0.39, 0.29) is 5.41 Å². The summed E-state index contributed by atoms with van der Waals surface area (Å²) in [6, 6.07) is 7.49. The largest absolute Gasteiger partial charge is 0.508 e. The van der Waals surface area contributed by atoms with Crippen LogP contribution in [0.1, 0.15) is 18.4 Å². The molecule has 1 aliphatic rings. The van der Waals surface area contributed by atoms with E-state index in [0.717, 1.165) is 38.9 Å². The van der Waals surface area contributed by atoms with Crippen LogP contribution in [0.5, 0.6) is 5.75 Å². The number of aromatic hydroxyl groups is 1. The highest BCUT2D eigenvalue weighted by atomic mass is 16.3. The zero-order chi connectivity index (χ0) is 11.4. The molecule has 3 heteroatoms. The molecule has 0 spiro atoms. The molecule has 2 rings (SSSR count). The van der Waals surface area contributed by atoms with E-state index in [9.17, 15) is 5.11 Å². The van der Waals surface area contributed by atoms with Crippen molar-refractivity contribution in [3.05, 3.63) is 29.8 Å². The Kier molecular flexibility index (Phi) is 3.46. The molecule has 1 aliphatic heterocycles. The number of rotatable bonds is 3. The quantitative estimate of drug-likeness (QED) is 0.719. The lowest BCUT2D eigenvalue weighted by molar-refractivity contribution is 0.210. The highest BCUT2D eigenvalue weighted by Gasteiger charge is 2.30. The van der Waals surface area contributed by atoms with E-state index < -0.39 is 0 Å². The van der Waals surface area contributed by atoms with E-state index in [4.69, 9.17) is 5.73 Å². The molecule has 1 aromatic carbocycles. The third-order valence-electron chi connectivity index (χ3n) is 3.61. The van der Waals surface area contributed by atoms with Gasteiger partial charge in [0, 0.05) is 0 Å². The number of hydrogen-bond acceptors (Lipinski definition) is 3. The van der Waals surface area contributed by atoms with Crippen molar-refractivity contribution in [1.29, 1.82) is 0 Å². The van der Waals surface area contributed by atoms with Gasteiger partial charge in [-0.05, 0) is 62.0 Å². The van der Waals surface area contributed by atoms with Crippen LogP contribution in [0, 0.1) is 5.41 Å². The van der Waals surface area contributed by atoms with E-state index in [1.54, 1.807) is 12.1 Å². The zero-order valence-electron chi connectivity index (χ0n) is 9.58. The van der Waals surface area contributed by atoms with Crippen molar-refractivity contribution in [2.45, 2.75) is 19.3 Å². The van der Waals surface area contributed by atoms with Gasteiger partial charge >= 0.3 is 0 Å². The maximum absolute atomic E-state index is 9.25. The lowest BCUT2D eigenvalue weighted by Gasteiger charge is -2.36. The van der Waals surface area contributed by atoms with Gasteiger partial charge < -0.3 is 16.2 Å². The molecule has 0 aliphatic carbocycles. The summed E-state index contributed by atoms with van der Waals surface area (Å²) in [5, 5.41) is 12.6. The molecule has 0 amide bonds. The summed E-state index contributed by atoms with van der Waals surface area (Å²) in [6.45, 7) is 2.88. The van der Waals surface area contributed by atoms with Crippen molar-refractivity contribution in [1.82, 2.24) is 5.32 Å². The van der Waals surface area contributed by atoms with Crippen LogP contribution < -0.4 is 11.1 Å². The summed E-state index contributed by atoms with van der Waals surface area (Å²) >= 11 is 0. The molecule has 4 N–H and O–H groups in total. The van der Waals surface area contributed by atoms with Crippen LogP contribution in [-0.2, 0) is 6.42 Å². The van der Waals surface area contributed by atoms with Crippen molar-refractivity contribution >= 4 is 0 Å². The first-order chi connectivity index (χ1) is 7.74. The number of nitrogens with one attached hydrogen (secondary N) is 1. The van der Waals surface area contributed by atoms with Gasteiger partial charge in [-0.2, -0.15) is 0 Å². The maximum atomic E-state index is 9.25. The minimum absolute atomic E-state index is 0.252. The molecule has 0 unspecified atom stereocenters. The summed E-state index contributed by atoms with van der Waals surface area (Å²) in [4.78, 5) is 0. The number of nitrogens with two attached hydrogens (primary N) is 1. The summed E-state index contributed by atoms with van der Waals surface area (Å²) in [5.74, 6) is 0.329. The summed E-state index contributed by atoms with van der Waals surface area (Å²) in [6.07, 6.45) is 3.31. The monoisotopic (exact) mass is 220 g/mol. The molecule has 0 radical (unpaired) electrons. The number of hydrogen-bond donors (Lipinski definition) is 3. The van der Waals surface area contributed by atoms with Gasteiger partial charge in [-0.1, -0.05) is 12.1 Å². The maximum Gasteiger partial charge on any atom is 0.115 e. The molecule has 1 heterocycles. The smallest absolute Gasteiger partial charge is 0.115 e. The van der Waals surface area contributed by atoms with Gasteiger partial charge in [0.2, 0.25) is 0 Å². The number of phenols is 1. The Labute approximate surface area is 96.7 Å². The fraction of sp³-hybridized carbons (Fsp3) is 0.538. The highest BCUT2D eigenvalue weighted by Crippen LogP contribution is 2.32. The summed E-state index contributed by atoms with van der Waals surface area (Å²) in [7, 11) is 0. The van der Waals surface area contributed by atoms with E-state index in [2.05, 4.69) is 5.32 Å². The van der Waals surface area contributed by atoms with Crippen LogP contribution in [0.4, 0.5) is 0 Å². The topological polar surface area (TPSA) is 58.3 Å². The first kappa shape index (κ1) is 11.4. The Balaban J connectivity index is 2.08. The zero-order valence-corrected chi connectivity index (χ0v) is 9.58. The lowest BCUT2D eigenvalue weighted by atomic mass is 9.74. The molecule has 1 aromatic rings. The second-order valence-electron chi connectivity index (χ2n) is 4.80. The number of benzene rings is 1. The first-order valence-electron chi connectivity index (χ1n) is 5.93. The van der Waals surface area contributed by atoms with Crippen LogP contribution in [0.3, 0.4) is 0 Å². The Hall–Kier alpha value is -1.06. The predicted octanol–water partition coefficient (Wildman–Crippen LogP) is 1.26. The normalized spacial score (nSPS) is 19.6. The third-order valence-corrected chi connectivity index (χ3v) is 3.61. The van der Waals surface area contributed by atoms with Crippen molar-refractivity contribution in [2.75, 3.05) is 19.6 Å². The Bertz CT molecular complexity index is 328. The van der Waals surface area contributed by atoms with E-state index in [1.165, 1.54) is 5.56 Å². The average molecular weight is 220 g/mol. The molecule has 1 fully saturated rings. The molecule has 16 heavy (non-hydrogen) atoms. The molecule has 3 nitrogen and oxygen atoms in total. The second kappa shape index (κ2) is 4.85. The Morgan fingerprint density at radius 2 is 1.81 bits per heavy atom. The molecule has 0 bridgehead atoms. The van der Waals surface area contributed by atoms with Gasteiger partial charge in [0.1, 0.15) is 5.75 Å². The molecular weight excluding hydrogens is 200 g/mol. The Morgan fingerprint density at radius 3 is 2.38 bits per heavy atom. The van der Waals surface area contributed by atoms with Crippen molar-refractivity contribution < 1.29 is 5.11 Å². The van der Waals surface area contributed by atoms with Gasteiger partial charge in [0.25, 0.3) is 0 Å². The standard InChI is InChI=1S/C13H20N2O/c14-10-13(5-7-15-8-6-13)9-11-1-3-12(16)4-2-11/h1-4,15-16H,5-10,14H2. The summed E-state index contributed by atoms with van der Waals surface area (Å²) in [5.41, 5.74) is 7.46. The van der Waals surface area contributed by atoms with Crippen molar-refractivity contribution in [2.24, 2.45) is 11.1 Å². The van der Waals surface area contributed by atoms with Gasteiger partial charge in [0.05, 0.1) is 0 Å². The number of phenolic OH excluding ortho intramolecular Hbond substituents is 1. The van der Waals surface area contributed by atoms with Gasteiger partial charge in [-0.15, -0.1) is 0 Å². The van der Waals surface area contributed by atoms with Crippen LogP contribution >= 0.6 is 0 Å². The van der Waals surface area contributed by atoms with E-state index in [0.29, 0.717) is 5.75 Å². The van der Waals surface area contributed by atoms with Gasteiger partial charge in [0.15, 0.2) is 0 Å². The molecule has 0 saturated carbocycles. The van der Waals surface area contributed by atoms with Gasteiger partial charge in [-0.3, -0.25) is 0 Å². The van der Waals surface area contributed by atoms with Crippen molar-refractivity contribution in [3.63, 3.8) is 0 Å². The molecular formula is C13H20N2O. The van der Waals surface area contributed by atoms with Crippen LogP contribution in [-0.4, -0.2) is 24.7 Å². The molecule has 0 aromatic heterocycles. The average Bonchev–Trinajstić information content (AvgIpc) is 2.33. The minimum atomic E-state index is 0.252. The fourth-order valence-electron chi connectivity index (χ4n) is 2.46. The van der Waals surface area contributed by atoms with Crippen LogP contribution in [0.15, 0.2) is 24.3 Å². The SMILES string of the molecule is NCC1(Cc2ccc(O)cc2)CCNCC1. The third kappa shape index (κ3) is 2.54. The van der Waals surface area contributed by atoms with Crippen LogP contribution in [0.25, 0.3) is 0 Å². The first-order valence-corrected chi connectivity index (χ1v) is 5.93. The molecule has 1 saturated heterocycles. The summed E-state index contributed by atoms with van der Waals surface area (Å²) < 4.78 is 0. The lowest BCUT2D eigenvalue weighted by Crippen LogP contribution is -2.43. The van der Waals surface area contributed by atoms with Crippen LogP contribution in [0.2, 0.25) is 0 Å². The Morgan fingerprint density at radius 1 is 1.19 bits per heavy atom.